The first-order chi connectivity index (χ1) is 12.9. The molecule has 0 unspecified atom stereocenters. The molecule has 0 amide bonds. The lowest BCUT2D eigenvalue weighted by Gasteiger charge is -2.05. The van der Waals surface area contributed by atoms with E-state index in [9.17, 15) is 14.9 Å². The average molecular weight is 366 g/mol. The molecule has 1 aliphatic rings. The van der Waals surface area contributed by atoms with E-state index < -0.39 is 11.8 Å². The Kier molecular flexibility index (Phi) is 5.04. The predicted molar refractivity (Wildman–Crippen MR) is 99.4 cm³/mol. The highest BCUT2D eigenvalue weighted by Gasteiger charge is 2.36. The van der Waals surface area contributed by atoms with E-state index in [4.69, 9.17) is 9.15 Å². The number of hydrogen-bond acceptors (Lipinski definition) is 5. The molecule has 0 aliphatic heterocycles. The zero-order valence-electron chi connectivity index (χ0n) is 15.9. The predicted octanol–water partition coefficient (Wildman–Crippen LogP) is 4.31. The molecule has 3 rings (SSSR count). The van der Waals surface area contributed by atoms with Gasteiger partial charge in [0.2, 0.25) is 5.78 Å². The summed E-state index contributed by atoms with van der Waals surface area (Å²) in [5.41, 5.74) is 1.31. The van der Waals surface area contributed by atoms with Crippen LogP contribution in [0.1, 0.15) is 69.8 Å². The van der Waals surface area contributed by atoms with Crippen LogP contribution in [0, 0.1) is 31.1 Å². The van der Waals surface area contributed by atoms with Crippen LogP contribution in [0.25, 0.3) is 6.08 Å². The minimum Gasteiger partial charge on any atom is -0.462 e. The van der Waals surface area contributed by atoms with Gasteiger partial charge in [0.1, 0.15) is 23.2 Å². The average Bonchev–Trinajstić information content (AvgIpc) is 3.04. The van der Waals surface area contributed by atoms with E-state index in [2.05, 4.69) is 11.9 Å². The van der Waals surface area contributed by atoms with Gasteiger partial charge in [-0.25, -0.2) is 4.79 Å². The molecule has 0 saturated heterocycles. The van der Waals surface area contributed by atoms with Crippen molar-refractivity contribution in [2.75, 3.05) is 6.61 Å². The number of ketones is 1. The number of allylic oxidation sites excluding steroid dienone is 1. The molecule has 0 radical (unpaired) electrons. The SMILES string of the molecule is CCOC(=O)c1c(C)[nH]c(C)c1C(=O)/C(C#N)=C/c1ccc([C@H]2C[C@@H]2C)o1. The van der Waals surface area contributed by atoms with Crippen molar-refractivity contribution in [2.24, 2.45) is 5.92 Å². The Balaban J connectivity index is 1.95. The lowest BCUT2D eigenvalue weighted by molar-refractivity contribution is 0.0523. The number of carbonyl (C=O) groups excluding carboxylic acids is 2. The topological polar surface area (TPSA) is 96.1 Å². The minimum atomic E-state index is -0.581. The number of ether oxygens (including phenoxy) is 1. The molecule has 2 atom stereocenters. The van der Waals surface area contributed by atoms with Gasteiger partial charge in [-0.05, 0) is 45.2 Å². The van der Waals surface area contributed by atoms with E-state index in [0.717, 1.165) is 12.2 Å². The van der Waals surface area contributed by atoms with Crippen molar-refractivity contribution in [3.8, 4) is 6.07 Å². The molecular formula is C21H22N2O4. The fourth-order valence-electron chi connectivity index (χ4n) is 3.31. The van der Waals surface area contributed by atoms with Crippen molar-refractivity contribution in [1.29, 1.82) is 5.26 Å². The normalized spacial score (nSPS) is 18.9. The lowest BCUT2D eigenvalue weighted by Crippen LogP contribution is -2.13. The summed E-state index contributed by atoms with van der Waals surface area (Å²) in [5.74, 6) is 1.24. The second-order valence-electron chi connectivity index (χ2n) is 6.90. The number of aromatic nitrogens is 1. The van der Waals surface area contributed by atoms with Gasteiger partial charge < -0.3 is 14.1 Å². The minimum absolute atomic E-state index is 0.0904. The van der Waals surface area contributed by atoms with Crippen molar-refractivity contribution in [1.82, 2.24) is 4.98 Å². The summed E-state index contributed by atoms with van der Waals surface area (Å²) in [7, 11) is 0. The number of nitrogens with one attached hydrogen (secondary N) is 1. The highest BCUT2D eigenvalue weighted by atomic mass is 16.5. The highest BCUT2D eigenvalue weighted by molar-refractivity contribution is 6.19. The smallest absolute Gasteiger partial charge is 0.340 e. The number of nitrogens with zero attached hydrogens (tertiary/aromatic N) is 1. The number of aromatic amines is 1. The number of nitriles is 1. The van der Waals surface area contributed by atoms with Gasteiger partial charge in [-0.3, -0.25) is 4.79 Å². The zero-order chi connectivity index (χ0) is 19.7. The Morgan fingerprint density at radius 1 is 1.33 bits per heavy atom. The number of rotatable bonds is 6. The first kappa shape index (κ1) is 18.7. The van der Waals surface area contributed by atoms with Crippen LogP contribution < -0.4 is 0 Å². The van der Waals surface area contributed by atoms with Gasteiger partial charge in [-0.15, -0.1) is 0 Å². The van der Waals surface area contributed by atoms with Crippen LogP contribution >= 0.6 is 0 Å². The summed E-state index contributed by atoms with van der Waals surface area (Å²) >= 11 is 0. The van der Waals surface area contributed by atoms with Crippen LogP contribution in [-0.2, 0) is 4.74 Å². The van der Waals surface area contributed by atoms with E-state index >= 15 is 0 Å². The van der Waals surface area contributed by atoms with Gasteiger partial charge >= 0.3 is 5.97 Å². The number of furan rings is 1. The number of aryl methyl sites for hydroxylation is 2. The molecule has 6 nitrogen and oxygen atoms in total. The maximum atomic E-state index is 13.0. The van der Waals surface area contributed by atoms with Crippen molar-refractivity contribution in [3.05, 3.63) is 51.7 Å². The molecule has 0 aromatic carbocycles. The fraction of sp³-hybridized carbons (Fsp3) is 0.381. The Bertz CT molecular complexity index is 971. The third-order valence-electron chi connectivity index (χ3n) is 4.86. The van der Waals surface area contributed by atoms with Crippen molar-refractivity contribution in [2.45, 2.75) is 40.0 Å². The second-order valence-corrected chi connectivity index (χ2v) is 6.90. The fourth-order valence-corrected chi connectivity index (χ4v) is 3.31. The van der Waals surface area contributed by atoms with Gasteiger partial charge in [-0.1, -0.05) is 6.92 Å². The van der Waals surface area contributed by atoms with Gasteiger partial charge in [0.25, 0.3) is 0 Å². The largest absolute Gasteiger partial charge is 0.462 e. The first-order valence-electron chi connectivity index (χ1n) is 8.99. The van der Waals surface area contributed by atoms with Crippen LogP contribution in [-0.4, -0.2) is 23.3 Å². The zero-order valence-corrected chi connectivity index (χ0v) is 15.9. The number of H-pyrrole nitrogens is 1. The Labute approximate surface area is 157 Å². The molecule has 6 heteroatoms. The molecule has 1 aliphatic carbocycles. The summed E-state index contributed by atoms with van der Waals surface area (Å²) in [6, 6.07) is 5.57. The molecule has 1 N–H and O–H groups in total. The standard InChI is InChI=1S/C21H22N2O4/c1-5-26-21(25)19-13(4)23-12(3)18(19)20(24)14(10-22)9-15-6-7-17(27-15)16-8-11(16)2/h6-7,9,11,16,23H,5,8H2,1-4H3/b14-9+/t11-,16-/m0/s1. The maximum Gasteiger partial charge on any atom is 0.340 e. The van der Waals surface area contributed by atoms with Gasteiger partial charge in [0.05, 0.1) is 17.7 Å². The lowest BCUT2D eigenvalue weighted by atomic mass is 9.99. The van der Waals surface area contributed by atoms with Crippen LogP contribution in [0.3, 0.4) is 0 Å². The second kappa shape index (κ2) is 7.28. The summed E-state index contributed by atoms with van der Waals surface area (Å²) < 4.78 is 10.8. The third kappa shape index (κ3) is 3.59. The van der Waals surface area contributed by atoms with E-state index in [1.165, 1.54) is 6.08 Å². The molecule has 0 spiro atoms. The van der Waals surface area contributed by atoms with E-state index in [0.29, 0.717) is 29.0 Å². The van der Waals surface area contributed by atoms with Crippen molar-refractivity contribution < 1.29 is 18.7 Å². The molecule has 1 saturated carbocycles. The molecule has 2 aromatic rings. The van der Waals surface area contributed by atoms with Gasteiger partial charge in [-0.2, -0.15) is 5.26 Å². The van der Waals surface area contributed by atoms with E-state index in [1.807, 2.05) is 12.1 Å². The Morgan fingerprint density at radius 2 is 2.00 bits per heavy atom. The molecule has 0 bridgehead atoms. The highest BCUT2D eigenvalue weighted by Crippen LogP contribution is 2.47. The molecule has 2 heterocycles. The Morgan fingerprint density at radius 3 is 2.59 bits per heavy atom. The van der Waals surface area contributed by atoms with Crippen LogP contribution in [0.15, 0.2) is 22.1 Å². The number of carbonyl (C=O) groups is 2. The van der Waals surface area contributed by atoms with Gasteiger partial charge in [0.15, 0.2) is 0 Å². The van der Waals surface area contributed by atoms with Crippen LogP contribution in [0.5, 0.6) is 0 Å². The summed E-state index contributed by atoms with van der Waals surface area (Å²) in [6.45, 7) is 7.44. The van der Waals surface area contributed by atoms with E-state index in [-0.39, 0.29) is 23.3 Å². The molecular weight excluding hydrogens is 344 g/mol. The van der Waals surface area contributed by atoms with Crippen molar-refractivity contribution in [3.63, 3.8) is 0 Å². The summed E-state index contributed by atoms with van der Waals surface area (Å²) in [4.78, 5) is 28.3. The van der Waals surface area contributed by atoms with Crippen LogP contribution in [0.4, 0.5) is 0 Å². The summed E-state index contributed by atoms with van der Waals surface area (Å²) in [6.07, 6.45) is 2.51. The number of esters is 1. The van der Waals surface area contributed by atoms with Crippen LogP contribution in [0.2, 0.25) is 0 Å². The van der Waals surface area contributed by atoms with E-state index in [1.54, 1.807) is 26.8 Å². The maximum absolute atomic E-state index is 13.0. The van der Waals surface area contributed by atoms with Gasteiger partial charge in [0, 0.05) is 23.4 Å². The summed E-state index contributed by atoms with van der Waals surface area (Å²) in [5, 5.41) is 9.51. The molecule has 27 heavy (non-hydrogen) atoms. The number of hydrogen-bond donors (Lipinski definition) is 1. The third-order valence-corrected chi connectivity index (χ3v) is 4.86. The molecule has 2 aromatic heterocycles. The monoisotopic (exact) mass is 366 g/mol. The first-order valence-corrected chi connectivity index (χ1v) is 8.99. The Hall–Kier alpha value is -3.07. The molecule has 1 fully saturated rings. The van der Waals surface area contributed by atoms with Crippen molar-refractivity contribution >= 4 is 17.8 Å². The number of Topliss-reactive ketones (excluding diaryl/α,β-unsaturated/α-hetero) is 1. The molecule has 140 valence electrons. The quantitative estimate of drug-likeness (QED) is 0.355.